The molecule has 2 N–H and O–H groups in total. The van der Waals surface area contributed by atoms with Gasteiger partial charge < -0.3 is 15.4 Å². The lowest BCUT2D eigenvalue weighted by molar-refractivity contribution is 0.0864. The minimum Gasteiger partial charge on any atom is -0.381 e. The summed E-state index contributed by atoms with van der Waals surface area (Å²) in [5, 5.41) is 0. The first-order valence-electron chi connectivity index (χ1n) is 6.74. The number of rotatable bonds is 6. The number of ether oxygens (including phenoxy) is 1. The molecule has 17 heavy (non-hydrogen) atoms. The molecule has 1 rings (SSSR count). The maximum atomic E-state index is 6.03. The molecule has 1 unspecified atom stereocenters. The lowest BCUT2D eigenvalue weighted by atomic mass is 9.88. The average molecular weight is 243 g/mol. The van der Waals surface area contributed by atoms with Crippen LogP contribution in [0.3, 0.4) is 0 Å². The Kier molecular flexibility index (Phi) is 6.41. The first-order valence-corrected chi connectivity index (χ1v) is 6.74. The molecule has 0 aromatic rings. The molecule has 1 fully saturated rings. The normalized spacial score (nSPS) is 26.5. The summed E-state index contributed by atoms with van der Waals surface area (Å²) in [5.41, 5.74) is 6.20. The van der Waals surface area contributed by atoms with E-state index in [0.717, 1.165) is 45.7 Å². The number of nitrogens with zero attached hydrogens (tertiary/aromatic N) is 2. The molecule has 0 radical (unpaired) electrons. The van der Waals surface area contributed by atoms with Crippen LogP contribution in [0, 0.1) is 0 Å². The zero-order valence-corrected chi connectivity index (χ0v) is 11.7. The van der Waals surface area contributed by atoms with Crippen LogP contribution in [0.2, 0.25) is 0 Å². The molecular formula is C13H29N3O. The fourth-order valence-corrected chi connectivity index (χ4v) is 2.60. The molecule has 102 valence electrons. The summed E-state index contributed by atoms with van der Waals surface area (Å²) in [6.45, 7) is 4.76. The van der Waals surface area contributed by atoms with Crippen molar-refractivity contribution in [3.8, 4) is 0 Å². The highest BCUT2D eigenvalue weighted by molar-refractivity contribution is 4.91. The Balaban J connectivity index is 2.46. The molecule has 1 aliphatic heterocycles. The maximum absolute atomic E-state index is 6.03. The van der Waals surface area contributed by atoms with Gasteiger partial charge in [-0.05, 0) is 59.9 Å². The molecule has 4 heteroatoms. The Morgan fingerprint density at radius 3 is 2.53 bits per heavy atom. The molecule has 0 spiro atoms. The molecular weight excluding hydrogens is 214 g/mol. The van der Waals surface area contributed by atoms with Crippen LogP contribution in [0.1, 0.15) is 25.7 Å². The van der Waals surface area contributed by atoms with E-state index in [1.165, 1.54) is 12.8 Å². The standard InChI is InChI=1S/C13H29N3O/c1-15(2)8-5-9-16(3)13(12-14)6-4-10-17-11-7-13/h4-12,14H2,1-3H3. The van der Waals surface area contributed by atoms with Crippen LogP contribution in [0.5, 0.6) is 0 Å². The fourth-order valence-electron chi connectivity index (χ4n) is 2.60. The van der Waals surface area contributed by atoms with Gasteiger partial charge >= 0.3 is 0 Å². The van der Waals surface area contributed by atoms with Gasteiger partial charge in [0.2, 0.25) is 0 Å². The van der Waals surface area contributed by atoms with Crippen LogP contribution < -0.4 is 5.73 Å². The third-order valence-electron chi connectivity index (χ3n) is 3.93. The summed E-state index contributed by atoms with van der Waals surface area (Å²) in [4.78, 5) is 4.70. The summed E-state index contributed by atoms with van der Waals surface area (Å²) in [6, 6.07) is 0. The van der Waals surface area contributed by atoms with Gasteiger partial charge in [0, 0.05) is 25.3 Å². The highest BCUT2D eigenvalue weighted by Crippen LogP contribution is 2.26. The van der Waals surface area contributed by atoms with Crippen LogP contribution in [0.15, 0.2) is 0 Å². The van der Waals surface area contributed by atoms with E-state index in [-0.39, 0.29) is 5.54 Å². The van der Waals surface area contributed by atoms with Crippen molar-refractivity contribution in [2.45, 2.75) is 31.2 Å². The molecule has 1 aliphatic rings. The van der Waals surface area contributed by atoms with Crippen molar-refractivity contribution in [3.05, 3.63) is 0 Å². The van der Waals surface area contributed by atoms with E-state index >= 15 is 0 Å². The van der Waals surface area contributed by atoms with E-state index in [1.54, 1.807) is 0 Å². The minimum absolute atomic E-state index is 0.169. The molecule has 4 nitrogen and oxygen atoms in total. The Labute approximate surface area is 106 Å². The topological polar surface area (TPSA) is 41.7 Å². The van der Waals surface area contributed by atoms with E-state index in [0.29, 0.717) is 0 Å². The molecule has 0 saturated carbocycles. The van der Waals surface area contributed by atoms with Crippen LogP contribution in [0.25, 0.3) is 0 Å². The second-order valence-corrected chi connectivity index (χ2v) is 5.47. The molecule has 0 aromatic heterocycles. The Hall–Kier alpha value is -0.160. The molecule has 0 bridgehead atoms. The Morgan fingerprint density at radius 1 is 1.12 bits per heavy atom. The van der Waals surface area contributed by atoms with Crippen molar-refractivity contribution in [2.75, 3.05) is 54.0 Å². The van der Waals surface area contributed by atoms with Gasteiger partial charge in [-0.3, -0.25) is 4.90 Å². The number of hydrogen-bond donors (Lipinski definition) is 1. The quantitative estimate of drug-likeness (QED) is 0.748. The number of hydrogen-bond acceptors (Lipinski definition) is 4. The van der Waals surface area contributed by atoms with Crippen LogP contribution >= 0.6 is 0 Å². The summed E-state index contributed by atoms with van der Waals surface area (Å²) in [7, 11) is 6.46. The smallest absolute Gasteiger partial charge is 0.0484 e. The van der Waals surface area contributed by atoms with E-state index in [9.17, 15) is 0 Å². The van der Waals surface area contributed by atoms with Gasteiger partial charge in [0.05, 0.1) is 0 Å². The van der Waals surface area contributed by atoms with Gasteiger partial charge in [0.15, 0.2) is 0 Å². The fraction of sp³-hybridized carbons (Fsp3) is 1.00. The Bertz CT molecular complexity index is 201. The van der Waals surface area contributed by atoms with Crippen molar-refractivity contribution in [1.82, 2.24) is 9.80 Å². The van der Waals surface area contributed by atoms with Crippen molar-refractivity contribution in [2.24, 2.45) is 5.73 Å². The van der Waals surface area contributed by atoms with Crippen molar-refractivity contribution in [3.63, 3.8) is 0 Å². The first kappa shape index (κ1) is 14.9. The van der Waals surface area contributed by atoms with E-state index < -0.39 is 0 Å². The first-order chi connectivity index (χ1) is 8.10. The predicted molar refractivity (Wildman–Crippen MR) is 72.3 cm³/mol. The lowest BCUT2D eigenvalue weighted by Crippen LogP contribution is -2.52. The van der Waals surface area contributed by atoms with E-state index in [1.807, 2.05) is 0 Å². The van der Waals surface area contributed by atoms with Crippen LogP contribution in [0.4, 0.5) is 0 Å². The summed E-state index contributed by atoms with van der Waals surface area (Å²) >= 11 is 0. The van der Waals surface area contributed by atoms with Gasteiger partial charge in [-0.2, -0.15) is 0 Å². The zero-order valence-electron chi connectivity index (χ0n) is 11.7. The lowest BCUT2D eigenvalue weighted by Gasteiger charge is -2.40. The van der Waals surface area contributed by atoms with Crippen LogP contribution in [-0.2, 0) is 4.74 Å². The minimum atomic E-state index is 0.169. The zero-order chi connectivity index (χ0) is 12.7. The molecule has 1 heterocycles. The third-order valence-corrected chi connectivity index (χ3v) is 3.93. The second-order valence-electron chi connectivity index (χ2n) is 5.47. The number of nitrogens with two attached hydrogens (primary N) is 1. The molecule has 0 aliphatic carbocycles. The summed E-state index contributed by atoms with van der Waals surface area (Å²) in [5.74, 6) is 0. The summed E-state index contributed by atoms with van der Waals surface area (Å²) in [6.07, 6.45) is 4.57. The van der Waals surface area contributed by atoms with Crippen molar-refractivity contribution in [1.29, 1.82) is 0 Å². The highest BCUT2D eigenvalue weighted by atomic mass is 16.5. The van der Waals surface area contributed by atoms with Gasteiger partial charge in [-0.15, -0.1) is 0 Å². The predicted octanol–water partition coefficient (Wildman–Crippen LogP) is 0.768. The maximum Gasteiger partial charge on any atom is 0.0484 e. The largest absolute Gasteiger partial charge is 0.381 e. The highest BCUT2D eigenvalue weighted by Gasteiger charge is 2.33. The third kappa shape index (κ3) is 4.54. The number of likely N-dealkylation sites (N-methyl/N-ethyl adjacent to an activating group) is 1. The summed E-state index contributed by atoms with van der Waals surface area (Å²) < 4.78 is 5.55. The molecule has 0 amide bonds. The van der Waals surface area contributed by atoms with Gasteiger partial charge in [0.1, 0.15) is 0 Å². The SMILES string of the molecule is CN(C)CCCN(C)C1(CN)CCCOCC1. The monoisotopic (exact) mass is 243 g/mol. The van der Waals surface area contributed by atoms with E-state index in [4.69, 9.17) is 10.5 Å². The molecule has 1 atom stereocenters. The van der Waals surface area contributed by atoms with Gasteiger partial charge in [-0.1, -0.05) is 0 Å². The Morgan fingerprint density at radius 2 is 1.88 bits per heavy atom. The van der Waals surface area contributed by atoms with Crippen molar-refractivity contribution < 1.29 is 4.74 Å². The van der Waals surface area contributed by atoms with Gasteiger partial charge in [0.25, 0.3) is 0 Å². The average Bonchev–Trinajstić information content (AvgIpc) is 2.54. The molecule has 1 saturated heterocycles. The van der Waals surface area contributed by atoms with Crippen LogP contribution in [-0.4, -0.2) is 69.3 Å². The van der Waals surface area contributed by atoms with E-state index in [2.05, 4.69) is 30.9 Å². The molecule has 0 aromatic carbocycles. The van der Waals surface area contributed by atoms with Crippen molar-refractivity contribution >= 4 is 0 Å². The second kappa shape index (κ2) is 7.31. The van der Waals surface area contributed by atoms with Gasteiger partial charge in [-0.25, -0.2) is 0 Å².